The van der Waals surface area contributed by atoms with Gasteiger partial charge < -0.3 is 4.90 Å². The van der Waals surface area contributed by atoms with Crippen LogP contribution in [-0.4, -0.2) is 38.7 Å². The Morgan fingerprint density at radius 3 is 2.86 bits per heavy atom. The Balaban J connectivity index is 1.63. The molecule has 0 N–H and O–H groups in total. The molecule has 5 nitrogen and oxygen atoms in total. The number of carbonyl (C=O) groups is 1. The Hall–Kier alpha value is -1.69. The average molecular weight is 349 g/mol. The molecule has 0 spiro atoms. The lowest BCUT2D eigenvalue weighted by Gasteiger charge is -2.32. The number of nitrogens with zero attached hydrogens (tertiary/aromatic N) is 4. The molecular formula is C15H17BrN4O. The number of rotatable bonds is 3. The van der Waals surface area contributed by atoms with Crippen LogP contribution in [0.3, 0.4) is 0 Å². The molecule has 1 aliphatic heterocycles. The molecule has 2 heterocycles. The van der Waals surface area contributed by atoms with Crippen LogP contribution < -0.4 is 0 Å². The van der Waals surface area contributed by atoms with E-state index in [1.807, 2.05) is 33.8 Å². The molecule has 1 amide bonds. The quantitative estimate of drug-likeness (QED) is 0.855. The van der Waals surface area contributed by atoms with Crippen LogP contribution >= 0.6 is 15.9 Å². The Labute approximate surface area is 132 Å². The summed E-state index contributed by atoms with van der Waals surface area (Å²) < 4.78 is 2.89. The monoisotopic (exact) mass is 348 g/mol. The highest BCUT2D eigenvalue weighted by Gasteiger charge is 2.25. The van der Waals surface area contributed by atoms with Crippen LogP contribution in [0.15, 0.2) is 41.4 Å². The second-order valence-corrected chi connectivity index (χ2v) is 6.23. The number of hydrogen-bond acceptors (Lipinski definition) is 3. The van der Waals surface area contributed by atoms with E-state index >= 15 is 0 Å². The van der Waals surface area contributed by atoms with E-state index in [0.29, 0.717) is 6.42 Å². The van der Waals surface area contributed by atoms with E-state index in [2.05, 4.69) is 26.0 Å². The summed E-state index contributed by atoms with van der Waals surface area (Å²) in [5.74, 6) is 0.183. The molecule has 2 aromatic rings. The fourth-order valence-corrected chi connectivity index (χ4v) is 2.96. The Bertz CT molecular complexity index is 597. The largest absolute Gasteiger partial charge is 0.340 e. The molecule has 6 heteroatoms. The molecule has 110 valence electrons. The van der Waals surface area contributed by atoms with Gasteiger partial charge in [0.15, 0.2) is 0 Å². The first-order chi connectivity index (χ1) is 10.2. The van der Waals surface area contributed by atoms with Gasteiger partial charge in [0.1, 0.15) is 12.7 Å². The average Bonchev–Trinajstić information content (AvgIpc) is 3.04. The van der Waals surface area contributed by atoms with Crippen LogP contribution in [0.25, 0.3) is 0 Å². The molecule has 1 atom stereocenters. The highest BCUT2D eigenvalue weighted by Crippen LogP contribution is 2.21. The first-order valence-electron chi connectivity index (χ1n) is 7.09. The molecule has 0 saturated carbocycles. The summed E-state index contributed by atoms with van der Waals surface area (Å²) in [4.78, 5) is 18.4. The van der Waals surface area contributed by atoms with Crippen molar-refractivity contribution in [1.82, 2.24) is 19.7 Å². The molecule has 1 aliphatic rings. The molecule has 0 aliphatic carbocycles. The molecule has 1 fully saturated rings. The summed E-state index contributed by atoms with van der Waals surface area (Å²) in [5, 5.41) is 4.19. The van der Waals surface area contributed by atoms with Crippen molar-refractivity contribution in [2.45, 2.75) is 25.3 Å². The van der Waals surface area contributed by atoms with Gasteiger partial charge in [-0.1, -0.05) is 28.1 Å². The summed E-state index contributed by atoms with van der Waals surface area (Å²) >= 11 is 3.41. The highest BCUT2D eigenvalue weighted by atomic mass is 79.9. The van der Waals surface area contributed by atoms with Crippen LogP contribution in [-0.2, 0) is 11.2 Å². The van der Waals surface area contributed by atoms with Crippen LogP contribution in [0, 0.1) is 0 Å². The normalized spacial score (nSPS) is 18.7. The van der Waals surface area contributed by atoms with Gasteiger partial charge in [0.25, 0.3) is 0 Å². The van der Waals surface area contributed by atoms with Crippen molar-refractivity contribution in [3.8, 4) is 0 Å². The van der Waals surface area contributed by atoms with E-state index in [9.17, 15) is 4.79 Å². The molecule has 0 radical (unpaired) electrons. The summed E-state index contributed by atoms with van der Waals surface area (Å²) in [7, 11) is 0. The topological polar surface area (TPSA) is 51.0 Å². The fraction of sp³-hybridized carbons (Fsp3) is 0.400. The van der Waals surface area contributed by atoms with Gasteiger partial charge in [0.2, 0.25) is 5.91 Å². The van der Waals surface area contributed by atoms with Crippen molar-refractivity contribution in [3.05, 3.63) is 47.0 Å². The third-order valence-corrected chi connectivity index (χ3v) is 4.36. The predicted molar refractivity (Wildman–Crippen MR) is 82.7 cm³/mol. The van der Waals surface area contributed by atoms with Gasteiger partial charge in [-0.25, -0.2) is 9.67 Å². The maximum Gasteiger partial charge on any atom is 0.227 e. The number of aromatic nitrogens is 3. The van der Waals surface area contributed by atoms with Crippen LogP contribution in [0.1, 0.15) is 24.4 Å². The second-order valence-electron chi connectivity index (χ2n) is 5.31. The number of hydrogen-bond donors (Lipinski definition) is 0. The van der Waals surface area contributed by atoms with Gasteiger partial charge >= 0.3 is 0 Å². The van der Waals surface area contributed by atoms with Crippen molar-refractivity contribution in [1.29, 1.82) is 0 Å². The zero-order chi connectivity index (χ0) is 14.7. The summed E-state index contributed by atoms with van der Waals surface area (Å²) in [5.41, 5.74) is 1.05. The van der Waals surface area contributed by atoms with Crippen molar-refractivity contribution >= 4 is 21.8 Å². The third kappa shape index (κ3) is 3.50. The highest BCUT2D eigenvalue weighted by molar-refractivity contribution is 9.10. The summed E-state index contributed by atoms with van der Waals surface area (Å²) in [6.45, 7) is 1.55. The fourth-order valence-electron chi connectivity index (χ4n) is 2.69. The number of likely N-dealkylation sites (tertiary alicyclic amines) is 1. The van der Waals surface area contributed by atoms with E-state index in [4.69, 9.17) is 0 Å². The van der Waals surface area contributed by atoms with Crippen molar-refractivity contribution in [2.75, 3.05) is 13.1 Å². The Morgan fingerprint density at radius 2 is 2.14 bits per heavy atom. The van der Waals surface area contributed by atoms with Crippen LogP contribution in [0.2, 0.25) is 0 Å². The van der Waals surface area contributed by atoms with Gasteiger partial charge in [-0.2, -0.15) is 5.10 Å². The smallest absolute Gasteiger partial charge is 0.227 e. The number of carbonyl (C=O) groups excluding carboxylic acids is 1. The minimum absolute atomic E-state index is 0.183. The predicted octanol–water partition coefficient (Wildman–Crippen LogP) is 2.45. The van der Waals surface area contributed by atoms with Gasteiger partial charge in [-0.05, 0) is 30.5 Å². The van der Waals surface area contributed by atoms with Crippen molar-refractivity contribution in [3.63, 3.8) is 0 Å². The zero-order valence-corrected chi connectivity index (χ0v) is 13.2. The molecular weight excluding hydrogens is 332 g/mol. The van der Waals surface area contributed by atoms with E-state index < -0.39 is 0 Å². The van der Waals surface area contributed by atoms with Gasteiger partial charge in [-0.15, -0.1) is 0 Å². The van der Waals surface area contributed by atoms with Crippen molar-refractivity contribution in [2.24, 2.45) is 0 Å². The Kier molecular flexibility index (Phi) is 4.34. The molecule has 0 bridgehead atoms. The Morgan fingerprint density at radius 1 is 1.33 bits per heavy atom. The lowest BCUT2D eigenvalue weighted by molar-refractivity contribution is -0.132. The molecule has 1 aromatic heterocycles. The van der Waals surface area contributed by atoms with Crippen LogP contribution in [0.5, 0.6) is 0 Å². The van der Waals surface area contributed by atoms with E-state index in [0.717, 1.165) is 36.0 Å². The molecule has 1 saturated heterocycles. The number of benzene rings is 1. The minimum atomic E-state index is 0.183. The maximum absolute atomic E-state index is 12.4. The standard InChI is InChI=1S/C15H17BrN4O/c16-13-5-3-12(4-6-13)8-15(21)19-7-1-2-14(9-19)20-11-17-10-18-20/h3-6,10-11,14H,1-2,7-9H2/t14-/m0/s1. The second kappa shape index (κ2) is 6.39. The summed E-state index contributed by atoms with van der Waals surface area (Å²) in [6, 6.07) is 8.16. The van der Waals surface area contributed by atoms with E-state index in [1.54, 1.807) is 12.7 Å². The third-order valence-electron chi connectivity index (χ3n) is 3.83. The molecule has 0 unspecified atom stereocenters. The van der Waals surface area contributed by atoms with Gasteiger partial charge in [0.05, 0.1) is 12.5 Å². The van der Waals surface area contributed by atoms with Crippen molar-refractivity contribution < 1.29 is 4.79 Å². The molecule has 1 aromatic carbocycles. The van der Waals surface area contributed by atoms with Gasteiger partial charge in [-0.3, -0.25) is 4.79 Å². The number of amides is 1. The molecule has 3 rings (SSSR count). The number of halogens is 1. The maximum atomic E-state index is 12.4. The van der Waals surface area contributed by atoms with Gasteiger partial charge in [0, 0.05) is 17.6 Å². The first-order valence-corrected chi connectivity index (χ1v) is 7.88. The van der Waals surface area contributed by atoms with Crippen LogP contribution in [0.4, 0.5) is 0 Å². The molecule has 21 heavy (non-hydrogen) atoms. The minimum Gasteiger partial charge on any atom is -0.340 e. The summed E-state index contributed by atoms with van der Waals surface area (Å²) in [6.07, 6.45) is 5.79. The lowest BCUT2D eigenvalue weighted by atomic mass is 10.0. The first kappa shape index (κ1) is 14.3. The lowest BCUT2D eigenvalue weighted by Crippen LogP contribution is -2.41. The SMILES string of the molecule is O=C(Cc1ccc(Br)cc1)N1CCC[C@H](n2cncn2)C1. The van der Waals surface area contributed by atoms with E-state index in [1.165, 1.54) is 0 Å². The number of piperidine rings is 1. The van der Waals surface area contributed by atoms with E-state index in [-0.39, 0.29) is 11.9 Å². The zero-order valence-electron chi connectivity index (χ0n) is 11.7.